The maximum absolute atomic E-state index is 13.5. The van der Waals surface area contributed by atoms with Crippen molar-refractivity contribution in [2.75, 3.05) is 10.6 Å². The third kappa shape index (κ3) is 3.21. The van der Waals surface area contributed by atoms with Gasteiger partial charge in [-0.3, -0.25) is 14.6 Å². The molecule has 10 heteroatoms. The Labute approximate surface area is 208 Å². The van der Waals surface area contributed by atoms with Crippen LogP contribution < -0.4 is 20.9 Å². The first kappa shape index (κ1) is 21.2. The molecule has 0 radical (unpaired) electrons. The summed E-state index contributed by atoms with van der Waals surface area (Å²) in [5.41, 5.74) is 2.01. The Bertz CT molecular complexity index is 1540. The lowest BCUT2D eigenvalue weighted by Gasteiger charge is -2.28. The molecule has 1 aromatic heterocycles. The third-order valence-electron chi connectivity index (χ3n) is 5.89. The molecule has 168 valence electrons. The van der Waals surface area contributed by atoms with E-state index < -0.39 is 5.66 Å². The van der Waals surface area contributed by atoms with E-state index in [9.17, 15) is 9.59 Å². The van der Waals surface area contributed by atoms with E-state index in [1.54, 1.807) is 18.2 Å². The van der Waals surface area contributed by atoms with Crippen LogP contribution in [0.25, 0.3) is 11.3 Å². The van der Waals surface area contributed by atoms with Gasteiger partial charge in [-0.25, -0.2) is 0 Å². The summed E-state index contributed by atoms with van der Waals surface area (Å²) in [6, 6.07) is 20.0. The number of carbonyl (C=O) groups is 1. The van der Waals surface area contributed by atoms with Gasteiger partial charge in [-0.1, -0.05) is 59.2 Å². The van der Waals surface area contributed by atoms with Crippen LogP contribution in [0.3, 0.4) is 0 Å². The van der Waals surface area contributed by atoms with Crippen molar-refractivity contribution in [3.8, 4) is 11.3 Å². The molecule has 1 amide bonds. The Morgan fingerprint density at radius 1 is 0.941 bits per heavy atom. The van der Waals surface area contributed by atoms with E-state index in [0.29, 0.717) is 43.5 Å². The second kappa shape index (κ2) is 7.87. The molecule has 0 saturated carbocycles. The molecule has 1 spiro atoms. The molecule has 0 bridgehead atoms. The van der Waals surface area contributed by atoms with Gasteiger partial charge < -0.3 is 10.6 Å². The molecule has 3 heterocycles. The topological polar surface area (TPSA) is 90.8 Å². The summed E-state index contributed by atoms with van der Waals surface area (Å²) >= 11 is 13.7. The number of benzene rings is 3. The Balaban J connectivity index is 1.54. The molecule has 34 heavy (non-hydrogen) atoms. The summed E-state index contributed by atoms with van der Waals surface area (Å²) < 4.78 is 1.48. The van der Waals surface area contributed by atoms with Crippen LogP contribution in [-0.4, -0.2) is 16.0 Å². The number of thioether (sulfide) groups is 1. The highest BCUT2D eigenvalue weighted by Gasteiger charge is 2.62. The fourth-order valence-electron chi connectivity index (χ4n) is 4.34. The number of halogens is 2. The van der Waals surface area contributed by atoms with Crippen LogP contribution in [0.4, 0.5) is 11.4 Å². The molecular weight excluding hydrogens is 493 g/mol. The second-order valence-corrected chi connectivity index (χ2v) is 9.80. The number of fused-ring (bicyclic) bond motifs is 6. The van der Waals surface area contributed by atoms with Crippen LogP contribution in [0, 0.1) is 0 Å². The Hall–Kier alpha value is -3.33. The number of anilines is 2. The van der Waals surface area contributed by atoms with Crippen molar-refractivity contribution in [1.29, 1.82) is 0 Å². The van der Waals surface area contributed by atoms with Gasteiger partial charge in [0, 0.05) is 20.9 Å². The van der Waals surface area contributed by atoms with Gasteiger partial charge in [0.15, 0.2) is 0 Å². The molecule has 2 aliphatic rings. The molecule has 3 aromatic carbocycles. The summed E-state index contributed by atoms with van der Waals surface area (Å²) in [7, 11) is 0. The third-order valence-corrected chi connectivity index (χ3v) is 7.31. The SMILES string of the molecule is O=C1Nc2ccc(Cl)cc2[C@@]12Nc1ccccc1-c1c(=O)[nH]c(SCc3ccc(Cl)cc3)n[n+]12. The minimum Gasteiger partial charge on any atom is -0.317 e. The van der Waals surface area contributed by atoms with Gasteiger partial charge in [0.05, 0.1) is 22.5 Å². The molecule has 0 aliphatic carbocycles. The number of hydrogen-bond donors (Lipinski definition) is 3. The molecule has 7 nitrogen and oxygen atoms in total. The van der Waals surface area contributed by atoms with Gasteiger partial charge in [0.25, 0.3) is 0 Å². The highest BCUT2D eigenvalue weighted by Crippen LogP contribution is 2.42. The average Bonchev–Trinajstić information content (AvgIpc) is 3.10. The van der Waals surface area contributed by atoms with Gasteiger partial charge >= 0.3 is 22.8 Å². The number of nitrogens with zero attached hydrogens (tertiary/aromatic N) is 2. The molecule has 0 fully saturated rings. The van der Waals surface area contributed by atoms with Crippen molar-refractivity contribution < 1.29 is 9.48 Å². The lowest BCUT2D eigenvalue weighted by atomic mass is 9.95. The fraction of sp³-hybridized carbons (Fsp3) is 0.0833. The monoisotopic (exact) mass is 508 g/mol. The smallest absolute Gasteiger partial charge is 0.317 e. The summed E-state index contributed by atoms with van der Waals surface area (Å²) in [5, 5.41) is 12.5. The molecule has 6 rings (SSSR count). The van der Waals surface area contributed by atoms with Crippen LogP contribution >= 0.6 is 35.0 Å². The van der Waals surface area contributed by atoms with Gasteiger partial charge in [0.1, 0.15) is 0 Å². The second-order valence-electron chi connectivity index (χ2n) is 7.96. The predicted octanol–water partition coefficient (Wildman–Crippen LogP) is 4.40. The van der Waals surface area contributed by atoms with E-state index in [1.165, 1.54) is 16.4 Å². The van der Waals surface area contributed by atoms with Crippen LogP contribution in [0.5, 0.6) is 0 Å². The van der Waals surface area contributed by atoms with Gasteiger partial charge in [0.2, 0.25) is 5.16 Å². The maximum atomic E-state index is 13.5. The highest BCUT2D eigenvalue weighted by atomic mass is 35.5. The standard InChI is InChI=1S/C24H15Cl2N5O2S/c25-14-7-5-13(6-8-14)12-34-23-28-21(32)20-16-3-1-2-4-18(16)29-24(31(20)30-23)17-11-15(26)9-10-19(17)27-22(24)33/h1-11H,12H2,(H2,27,28,30,32,33)/p+1/t24-/m0/s1. The highest BCUT2D eigenvalue weighted by molar-refractivity contribution is 7.98. The van der Waals surface area contributed by atoms with Crippen molar-refractivity contribution in [1.82, 2.24) is 10.1 Å². The molecular formula is C24H16Cl2N5O2S+. The summed E-state index contributed by atoms with van der Waals surface area (Å²) in [6.07, 6.45) is 0. The van der Waals surface area contributed by atoms with Crippen molar-refractivity contribution >= 4 is 52.2 Å². The quantitative estimate of drug-likeness (QED) is 0.281. The van der Waals surface area contributed by atoms with Crippen molar-refractivity contribution in [2.24, 2.45) is 0 Å². The van der Waals surface area contributed by atoms with Crippen molar-refractivity contribution in [3.63, 3.8) is 0 Å². The molecule has 3 N–H and O–H groups in total. The summed E-state index contributed by atoms with van der Waals surface area (Å²) in [5.74, 6) is 0.211. The fourth-order valence-corrected chi connectivity index (χ4v) is 5.43. The van der Waals surface area contributed by atoms with Crippen LogP contribution in [0.1, 0.15) is 11.1 Å². The first-order chi connectivity index (χ1) is 16.5. The Kier molecular flexibility index (Phi) is 4.91. The number of rotatable bonds is 3. The number of carbonyl (C=O) groups excluding carboxylic acids is 1. The minimum absolute atomic E-state index is 0.285. The van der Waals surface area contributed by atoms with E-state index in [0.717, 1.165) is 5.56 Å². The molecule has 4 aromatic rings. The van der Waals surface area contributed by atoms with Gasteiger partial charge in [-0.15, -0.1) is 0 Å². The van der Waals surface area contributed by atoms with Crippen LogP contribution in [0.15, 0.2) is 76.7 Å². The molecule has 2 aliphatic heterocycles. The van der Waals surface area contributed by atoms with E-state index in [1.807, 2.05) is 48.5 Å². The average molecular weight is 509 g/mol. The number of aromatic nitrogens is 3. The number of aromatic amines is 1. The Morgan fingerprint density at radius 3 is 2.53 bits per heavy atom. The zero-order valence-electron chi connectivity index (χ0n) is 17.4. The van der Waals surface area contributed by atoms with Gasteiger partial charge in [-0.2, -0.15) is 0 Å². The van der Waals surface area contributed by atoms with Crippen molar-refractivity contribution in [2.45, 2.75) is 16.6 Å². The zero-order chi connectivity index (χ0) is 23.4. The maximum Gasteiger partial charge on any atom is 0.374 e. The Morgan fingerprint density at radius 2 is 1.71 bits per heavy atom. The number of nitrogens with one attached hydrogen (secondary N) is 3. The number of hydrogen-bond acceptors (Lipinski definition) is 5. The van der Waals surface area contributed by atoms with Gasteiger partial charge in [-0.05, 0) is 52.7 Å². The zero-order valence-corrected chi connectivity index (χ0v) is 19.8. The van der Waals surface area contributed by atoms with E-state index in [2.05, 4.69) is 15.6 Å². The number of H-pyrrole nitrogens is 1. The van der Waals surface area contributed by atoms with Crippen LogP contribution in [-0.2, 0) is 16.2 Å². The summed E-state index contributed by atoms with van der Waals surface area (Å²) in [6.45, 7) is 0. The molecule has 0 unspecified atom stereocenters. The number of para-hydroxylation sites is 1. The normalized spacial score (nSPS) is 17.5. The molecule has 1 atom stereocenters. The lowest BCUT2D eigenvalue weighted by molar-refractivity contribution is -0.781. The summed E-state index contributed by atoms with van der Waals surface area (Å²) in [4.78, 5) is 29.8. The first-order valence-corrected chi connectivity index (χ1v) is 12.1. The van der Waals surface area contributed by atoms with E-state index in [-0.39, 0.29) is 17.2 Å². The van der Waals surface area contributed by atoms with Crippen LogP contribution in [0.2, 0.25) is 10.0 Å². The largest absolute Gasteiger partial charge is 0.374 e. The lowest BCUT2D eigenvalue weighted by Crippen LogP contribution is -2.71. The van der Waals surface area contributed by atoms with E-state index >= 15 is 0 Å². The first-order valence-electron chi connectivity index (χ1n) is 10.4. The van der Waals surface area contributed by atoms with Crippen molar-refractivity contribution in [3.05, 3.63) is 98.3 Å². The predicted molar refractivity (Wildman–Crippen MR) is 132 cm³/mol. The minimum atomic E-state index is -1.46. The number of amides is 1. The molecule has 0 saturated heterocycles. The van der Waals surface area contributed by atoms with E-state index in [4.69, 9.17) is 28.3 Å².